The monoisotopic (exact) mass is 873 g/mol. The molecule has 0 atom stereocenters. The summed E-state index contributed by atoms with van der Waals surface area (Å²) >= 11 is 0. The van der Waals surface area contributed by atoms with E-state index in [0.717, 1.165) is 17.8 Å². The van der Waals surface area contributed by atoms with Gasteiger partial charge in [0.25, 0.3) is 0 Å². The molecule has 6 aliphatic carbocycles. The highest BCUT2D eigenvalue weighted by Crippen LogP contribution is 2.64. The fraction of sp³-hybridized carbons (Fsp3) is 0.194. The van der Waals surface area contributed by atoms with Gasteiger partial charge in [-0.05, 0) is 184 Å². The summed E-state index contributed by atoms with van der Waals surface area (Å²) in [6.07, 6.45) is 8.45. The Morgan fingerprint density at radius 3 is 1.41 bits per heavy atom. The fourth-order valence-corrected chi connectivity index (χ4v) is 14.8. The van der Waals surface area contributed by atoms with Gasteiger partial charge in [-0.1, -0.05) is 187 Å². The van der Waals surface area contributed by atoms with Gasteiger partial charge in [-0.3, -0.25) is 0 Å². The van der Waals surface area contributed by atoms with Crippen LogP contribution < -0.4 is 4.90 Å². The third-order valence-electron chi connectivity index (χ3n) is 17.2. The Labute approximate surface area is 401 Å². The van der Waals surface area contributed by atoms with Gasteiger partial charge in [-0.25, -0.2) is 0 Å². The highest BCUT2D eigenvalue weighted by atomic mass is 15.1. The number of fused-ring (bicyclic) bond motifs is 10. The third kappa shape index (κ3) is 5.87. The minimum Gasteiger partial charge on any atom is -0.310 e. The zero-order valence-corrected chi connectivity index (χ0v) is 39.1. The largest absolute Gasteiger partial charge is 0.310 e. The van der Waals surface area contributed by atoms with Crippen LogP contribution in [0.25, 0.3) is 55.6 Å². The van der Waals surface area contributed by atoms with Crippen LogP contribution in [0.4, 0.5) is 17.1 Å². The minimum absolute atomic E-state index is 0.326. The van der Waals surface area contributed by atoms with Crippen molar-refractivity contribution in [3.05, 3.63) is 245 Å². The van der Waals surface area contributed by atoms with Gasteiger partial charge >= 0.3 is 0 Å². The van der Waals surface area contributed by atoms with Crippen LogP contribution in [0.1, 0.15) is 77.5 Å². The van der Waals surface area contributed by atoms with Gasteiger partial charge in [-0.2, -0.15) is 0 Å². The second-order valence-electron chi connectivity index (χ2n) is 21.2. The molecule has 6 aliphatic rings. The molecule has 4 saturated carbocycles. The molecule has 0 saturated heterocycles. The molecule has 0 N–H and O–H groups in total. The lowest BCUT2D eigenvalue weighted by Crippen LogP contribution is -2.48. The lowest BCUT2D eigenvalue weighted by atomic mass is 9.48. The molecule has 9 aromatic carbocycles. The topological polar surface area (TPSA) is 3.24 Å². The van der Waals surface area contributed by atoms with Crippen molar-refractivity contribution in [3.8, 4) is 55.6 Å². The van der Waals surface area contributed by atoms with Crippen LogP contribution in [0.5, 0.6) is 0 Å². The zero-order chi connectivity index (χ0) is 45.1. The SMILES string of the molecule is Cc1ccc2c(c1)C1(c3ccccc3-c3ccc(N(c4ccc(C56CC7CC(CC(C7)C5)C6)cc4)c4ccccc4-c4ccccc4-c4ccccc4-c4ccccc4)cc31)c1cc(C)ccc1-2. The van der Waals surface area contributed by atoms with Crippen molar-refractivity contribution < 1.29 is 0 Å². The van der Waals surface area contributed by atoms with Gasteiger partial charge in [0.2, 0.25) is 0 Å². The molecule has 0 aromatic heterocycles. The summed E-state index contributed by atoms with van der Waals surface area (Å²) in [6, 6.07) is 78.9. The van der Waals surface area contributed by atoms with E-state index in [-0.39, 0.29) is 0 Å². The summed E-state index contributed by atoms with van der Waals surface area (Å²) < 4.78 is 0. The van der Waals surface area contributed by atoms with E-state index in [1.165, 1.54) is 145 Å². The molecule has 4 bridgehead atoms. The van der Waals surface area contributed by atoms with E-state index >= 15 is 0 Å². The summed E-state index contributed by atoms with van der Waals surface area (Å²) in [7, 11) is 0. The summed E-state index contributed by atoms with van der Waals surface area (Å²) in [5.41, 5.74) is 25.7. The Morgan fingerprint density at radius 1 is 0.353 bits per heavy atom. The number of nitrogens with zero attached hydrogens (tertiary/aromatic N) is 1. The molecule has 68 heavy (non-hydrogen) atoms. The molecule has 4 fully saturated rings. The van der Waals surface area contributed by atoms with E-state index in [1.807, 2.05) is 0 Å². The smallest absolute Gasteiger partial charge is 0.0726 e. The Morgan fingerprint density at radius 2 is 0.794 bits per heavy atom. The molecular formula is C67H55N. The van der Waals surface area contributed by atoms with Crippen LogP contribution in [0.3, 0.4) is 0 Å². The van der Waals surface area contributed by atoms with Gasteiger partial charge in [0.15, 0.2) is 0 Å². The summed E-state index contributed by atoms with van der Waals surface area (Å²) in [6.45, 7) is 4.50. The first-order chi connectivity index (χ1) is 33.4. The number of rotatable bonds is 7. The molecule has 328 valence electrons. The van der Waals surface area contributed by atoms with Crippen LogP contribution >= 0.6 is 0 Å². The Bertz CT molecular complexity index is 3380. The first kappa shape index (κ1) is 39.9. The maximum absolute atomic E-state index is 2.58. The van der Waals surface area contributed by atoms with E-state index in [1.54, 1.807) is 5.56 Å². The molecule has 15 rings (SSSR count). The van der Waals surface area contributed by atoms with Crippen LogP contribution in [0.15, 0.2) is 206 Å². The highest BCUT2D eigenvalue weighted by Gasteiger charge is 2.53. The molecule has 0 heterocycles. The van der Waals surface area contributed by atoms with Crippen LogP contribution in [0, 0.1) is 31.6 Å². The summed E-state index contributed by atoms with van der Waals surface area (Å²) in [4.78, 5) is 2.58. The fourth-order valence-electron chi connectivity index (χ4n) is 14.8. The quantitative estimate of drug-likeness (QED) is 0.154. The molecule has 1 heteroatoms. The second kappa shape index (κ2) is 15.1. The number of para-hydroxylation sites is 1. The molecule has 0 unspecified atom stereocenters. The normalized spacial score (nSPS) is 20.8. The number of hydrogen-bond acceptors (Lipinski definition) is 1. The van der Waals surface area contributed by atoms with E-state index in [4.69, 9.17) is 0 Å². The number of anilines is 3. The summed E-state index contributed by atoms with van der Waals surface area (Å²) in [5, 5.41) is 0. The van der Waals surface area contributed by atoms with E-state index in [2.05, 4.69) is 225 Å². The standard InChI is InChI=1S/C67H55N/c1-43-24-31-57-58-32-25-44(2)35-63(58)67(62(57)34-43)61-22-12-10-20-56(61)59-33-30-51(39-64(59)67)68(50-28-26-49(27-29-50)66-40-45-36-46(41-66)38-47(37-45)42-66)65-23-13-11-21-60(65)55-19-9-8-18-54(55)53-17-7-6-16-52(53)48-14-4-3-5-15-48/h3-35,39,45-47H,36-38,40-42H2,1-2H3. The lowest BCUT2D eigenvalue weighted by molar-refractivity contribution is -0.00518. The third-order valence-corrected chi connectivity index (χ3v) is 17.2. The highest BCUT2D eigenvalue weighted by molar-refractivity contribution is 5.99. The molecular weight excluding hydrogens is 819 g/mol. The second-order valence-corrected chi connectivity index (χ2v) is 21.2. The van der Waals surface area contributed by atoms with Crippen molar-refractivity contribution in [2.24, 2.45) is 17.8 Å². The zero-order valence-electron chi connectivity index (χ0n) is 39.1. The lowest BCUT2D eigenvalue weighted by Gasteiger charge is -2.57. The van der Waals surface area contributed by atoms with Gasteiger partial charge in [-0.15, -0.1) is 0 Å². The van der Waals surface area contributed by atoms with E-state index < -0.39 is 5.41 Å². The number of aryl methyl sites for hydroxylation is 2. The first-order valence-corrected chi connectivity index (χ1v) is 25.2. The minimum atomic E-state index is -0.452. The van der Waals surface area contributed by atoms with Crippen molar-refractivity contribution in [1.29, 1.82) is 0 Å². The average molecular weight is 874 g/mol. The Hall–Kier alpha value is -7.22. The predicted molar refractivity (Wildman–Crippen MR) is 283 cm³/mol. The van der Waals surface area contributed by atoms with Crippen molar-refractivity contribution >= 4 is 17.1 Å². The number of hydrogen-bond donors (Lipinski definition) is 0. The maximum Gasteiger partial charge on any atom is 0.0726 e. The van der Waals surface area contributed by atoms with Crippen molar-refractivity contribution in [2.75, 3.05) is 4.90 Å². The van der Waals surface area contributed by atoms with Crippen LogP contribution in [-0.4, -0.2) is 0 Å². The summed E-state index contributed by atoms with van der Waals surface area (Å²) in [5.74, 6) is 2.70. The average Bonchev–Trinajstić information content (AvgIpc) is 3.82. The van der Waals surface area contributed by atoms with E-state index in [9.17, 15) is 0 Å². The Kier molecular flexibility index (Phi) is 8.89. The van der Waals surface area contributed by atoms with Crippen molar-refractivity contribution in [2.45, 2.75) is 63.2 Å². The predicted octanol–water partition coefficient (Wildman–Crippen LogP) is 17.6. The van der Waals surface area contributed by atoms with Gasteiger partial charge in [0, 0.05) is 16.9 Å². The van der Waals surface area contributed by atoms with Gasteiger partial charge in [0.1, 0.15) is 0 Å². The van der Waals surface area contributed by atoms with Crippen LogP contribution in [0.2, 0.25) is 0 Å². The number of benzene rings is 9. The Balaban J connectivity index is 0.994. The van der Waals surface area contributed by atoms with Gasteiger partial charge < -0.3 is 4.90 Å². The molecule has 0 radical (unpaired) electrons. The molecule has 9 aromatic rings. The molecule has 0 amide bonds. The first-order valence-electron chi connectivity index (χ1n) is 25.2. The van der Waals surface area contributed by atoms with Crippen molar-refractivity contribution in [3.63, 3.8) is 0 Å². The van der Waals surface area contributed by atoms with Crippen LogP contribution in [-0.2, 0) is 10.8 Å². The molecule has 1 spiro atoms. The van der Waals surface area contributed by atoms with Gasteiger partial charge in [0.05, 0.1) is 11.1 Å². The molecule has 0 aliphatic heterocycles. The maximum atomic E-state index is 2.58. The van der Waals surface area contributed by atoms with Crippen molar-refractivity contribution in [1.82, 2.24) is 0 Å². The van der Waals surface area contributed by atoms with E-state index in [0.29, 0.717) is 5.41 Å². The molecule has 1 nitrogen and oxygen atoms in total.